The van der Waals surface area contributed by atoms with E-state index in [9.17, 15) is 0 Å². The van der Waals surface area contributed by atoms with Crippen molar-refractivity contribution in [3.8, 4) is 0 Å². The third-order valence-electron chi connectivity index (χ3n) is 1.52. The summed E-state index contributed by atoms with van der Waals surface area (Å²) in [6.07, 6.45) is -4.76. The van der Waals surface area contributed by atoms with E-state index in [4.69, 9.17) is 20.4 Å². The van der Waals surface area contributed by atoms with Crippen LogP contribution in [0.15, 0.2) is 0 Å². The van der Waals surface area contributed by atoms with Crippen LogP contribution in [-0.4, -0.2) is 51.6 Å². The maximum atomic E-state index is 8.93. The Morgan fingerprint density at radius 3 is 1.90 bits per heavy atom. The zero-order chi connectivity index (χ0) is 7.72. The van der Waals surface area contributed by atoms with Crippen molar-refractivity contribution >= 4 is 0 Å². The van der Waals surface area contributed by atoms with Crippen LogP contribution >= 0.6 is 0 Å². The summed E-state index contributed by atoms with van der Waals surface area (Å²) in [6.45, 7) is -0.407. The molecule has 10 heavy (non-hydrogen) atoms. The first-order chi connectivity index (χ1) is 4.66. The Morgan fingerprint density at radius 2 is 1.70 bits per heavy atom. The van der Waals surface area contributed by atoms with Gasteiger partial charge in [0.1, 0.15) is 18.3 Å². The summed E-state index contributed by atoms with van der Waals surface area (Å²) >= 11 is 0. The highest BCUT2D eigenvalue weighted by atomic mass is 16.6. The number of aliphatic hydroxyl groups excluding tert-OH is 4. The van der Waals surface area contributed by atoms with E-state index in [-0.39, 0.29) is 0 Å². The lowest BCUT2D eigenvalue weighted by atomic mass is 10.1. The van der Waals surface area contributed by atoms with E-state index < -0.39 is 31.2 Å². The lowest BCUT2D eigenvalue weighted by Gasteiger charge is -2.09. The molecule has 1 aliphatic rings. The molecule has 5 heteroatoms. The lowest BCUT2D eigenvalue weighted by Crippen LogP contribution is -2.33. The van der Waals surface area contributed by atoms with Gasteiger partial charge < -0.3 is 25.2 Å². The average Bonchev–Trinajstić information content (AvgIpc) is 2.17. The van der Waals surface area contributed by atoms with Crippen molar-refractivity contribution in [2.24, 2.45) is 0 Å². The van der Waals surface area contributed by atoms with Crippen molar-refractivity contribution in [3.05, 3.63) is 0 Å². The molecule has 0 aromatic rings. The van der Waals surface area contributed by atoms with E-state index in [1.54, 1.807) is 0 Å². The second kappa shape index (κ2) is 2.81. The normalized spacial score (nSPS) is 48.0. The van der Waals surface area contributed by atoms with Crippen LogP contribution in [0.4, 0.5) is 0 Å². The van der Waals surface area contributed by atoms with Crippen molar-refractivity contribution in [1.82, 2.24) is 0 Å². The Morgan fingerprint density at radius 1 is 1.10 bits per heavy atom. The Hall–Kier alpha value is -0.200. The largest absolute Gasteiger partial charge is 0.394 e. The van der Waals surface area contributed by atoms with Crippen LogP contribution in [0.3, 0.4) is 0 Å². The van der Waals surface area contributed by atoms with Gasteiger partial charge in [0, 0.05) is 0 Å². The summed E-state index contributed by atoms with van der Waals surface area (Å²) in [4.78, 5) is 0. The molecule has 4 atom stereocenters. The number of aliphatic hydroxyl groups is 4. The molecule has 0 aromatic carbocycles. The zero-order valence-corrected chi connectivity index (χ0v) is 5.21. The molecule has 1 rings (SSSR count). The van der Waals surface area contributed by atoms with Crippen LogP contribution in [-0.2, 0) is 4.74 Å². The van der Waals surface area contributed by atoms with Gasteiger partial charge in [-0.1, -0.05) is 0 Å². The van der Waals surface area contributed by atoms with Crippen molar-refractivity contribution in [2.45, 2.75) is 24.6 Å². The molecule has 0 aromatic heterocycles. The van der Waals surface area contributed by atoms with Crippen molar-refractivity contribution < 1.29 is 25.2 Å². The van der Waals surface area contributed by atoms with Gasteiger partial charge in [-0.25, -0.2) is 0 Å². The summed E-state index contributed by atoms with van der Waals surface area (Å²) in [7, 11) is 0. The predicted octanol–water partition coefficient (Wildman–Crippen LogP) is -2.58. The van der Waals surface area contributed by atoms with Gasteiger partial charge in [0.25, 0.3) is 0 Å². The summed E-state index contributed by atoms with van der Waals surface area (Å²) in [5.41, 5.74) is 0. The molecule has 60 valence electrons. The Bertz CT molecular complexity index is 117. The molecular formula is C5H10O5. The molecule has 0 spiro atoms. The minimum atomic E-state index is -1.38. The monoisotopic (exact) mass is 150 g/mol. The Balaban J connectivity index is 2.53. The van der Waals surface area contributed by atoms with Gasteiger partial charge in [0.2, 0.25) is 0 Å². The van der Waals surface area contributed by atoms with E-state index in [0.29, 0.717) is 0 Å². The van der Waals surface area contributed by atoms with Gasteiger partial charge in [-0.05, 0) is 0 Å². The van der Waals surface area contributed by atoms with E-state index >= 15 is 0 Å². The molecular weight excluding hydrogens is 140 g/mol. The van der Waals surface area contributed by atoms with E-state index in [1.165, 1.54) is 0 Å². The summed E-state index contributed by atoms with van der Waals surface area (Å²) in [6, 6.07) is 0. The van der Waals surface area contributed by atoms with Gasteiger partial charge in [-0.2, -0.15) is 0 Å². The second-order valence-electron chi connectivity index (χ2n) is 2.23. The zero-order valence-electron chi connectivity index (χ0n) is 5.21. The summed E-state index contributed by atoms with van der Waals surface area (Å²) in [5.74, 6) is 0. The van der Waals surface area contributed by atoms with E-state index in [0.717, 1.165) is 0 Å². The number of hydrogen-bond donors (Lipinski definition) is 4. The fourth-order valence-corrected chi connectivity index (χ4v) is 0.880. The van der Waals surface area contributed by atoms with Crippen LogP contribution in [0.2, 0.25) is 0 Å². The SMILES string of the molecule is OCC1O[C@H](O)[C@@H](O)[C@H]1O. The van der Waals surface area contributed by atoms with E-state index in [2.05, 4.69) is 4.74 Å². The van der Waals surface area contributed by atoms with Gasteiger partial charge in [0.15, 0.2) is 6.29 Å². The second-order valence-corrected chi connectivity index (χ2v) is 2.23. The lowest BCUT2D eigenvalue weighted by molar-refractivity contribution is -0.132. The van der Waals surface area contributed by atoms with Crippen LogP contribution in [0.5, 0.6) is 0 Å². The number of ether oxygens (including phenoxy) is 1. The molecule has 0 radical (unpaired) electrons. The quantitative estimate of drug-likeness (QED) is 0.329. The van der Waals surface area contributed by atoms with Crippen molar-refractivity contribution in [1.29, 1.82) is 0 Å². The Labute approximate surface area is 57.5 Å². The van der Waals surface area contributed by atoms with Crippen LogP contribution in [0.25, 0.3) is 0 Å². The van der Waals surface area contributed by atoms with E-state index in [1.807, 2.05) is 0 Å². The van der Waals surface area contributed by atoms with Gasteiger partial charge >= 0.3 is 0 Å². The highest BCUT2D eigenvalue weighted by Gasteiger charge is 2.41. The molecule has 0 saturated carbocycles. The highest BCUT2D eigenvalue weighted by Crippen LogP contribution is 2.18. The third kappa shape index (κ3) is 1.14. The number of hydrogen-bond acceptors (Lipinski definition) is 5. The maximum absolute atomic E-state index is 8.93. The molecule has 1 aliphatic heterocycles. The topological polar surface area (TPSA) is 90.2 Å². The minimum absolute atomic E-state index is 0.407. The molecule has 1 saturated heterocycles. The van der Waals surface area contributed by atoms with Crippen LogP contribution < -0.4 is 0 Å². The molecule has 1 heterocycles. The molecule has 0 bridgehead atoms. The summed E-state index contributed by atoms with van der Waals surface area (Å²) < 4.78 is 4.54. The molecule has 5 nitrogen and oxygen atoms in total. The smallest absolute Gasteiger partial charge is 0.184 e. The van der Waals surface area contributed by atoms with Crippen LogP contribution in [0.1, 0.15) is 0 Å². The predicted molar refractivity (Wildman–Crippen MR) is 30.0 cm³/mol. The number of rotatable bonds is 1. The average molecular weight is 150 g/mol. The molecule has 0 amide bonds. The third-order valence-corrected chi connectivity index (χ3v) is 1.52. The highest BCUT2D eigenvalue weighted by molar-refractivity contribution is 4.84. The summed E-state index contributed by atoms with van der Waals surface area (Å²) in [5, 5.41) is 35.0. The first-order valence-electron chi connectivity index (χ1n) is 2.97. The van der Waals surface area contributed by atoms with Crippen molar-refractivity contribution in [3.63, 3.8) is 0 Å². The molecule has 0 aliphatic carbocycles. The Kier molecular flexibility index (Phi) is 2.22. The van der Waals surface area contributed by atoms with Gasteiger partial charge in [-0.3, -0.25) is 0 Å². The first-order valence-corrected chi connectivity index (χ1v) is 2.97. The molecule has 1 unspecified atom stereocenters. The first kappa shape index (κ1) is 7.90. The molecule has 4 N–H and O–H groups in total. The minimum Gasteiger partial charge on any atom is -0.394 e. The van der Waals surface area contributed by atoms with Gasteiger partial charge in [0.05, 0.1) is 6.61 Å². The standard InChI is InChI=1S/C5H10O5/c6-1-2-3(7)4(8)5(9)10-2/h2-9H,1H2/t2?,3-,4-,5-/m0/s1. The fourth-order valence-electron chi connectivity index (χ4n) is 0.880. The van der Waals surface area contributed by atoms with Crippen LogP contribution in [0, 0.1) is 0 Å². The van der Waals surface area contributed by atoms with Crippen molar-refractivity contribution in [2.75, 3.05) is 6.61 Å². The maximum Gasteiger partial charge on any atom is 0.184 e. The fraction of sp³-hybridized carbons (Fsp3) is 1.00. The molecule has 1 fully saturated rings. The van der Waals surface area contributed by atoms with Gasteiger partial charge in [-0.15, -0.1) is 0 Å².